The summed E-state index contributed by atoms with van der Waals surface area (Å²) in [6.45, 7) is 0. The number of methoxy groups -OCH3 is 1. The second-order valence-corrected chi connectivity index (χ2v) is 3.84. The molecule has 0 saturated heterocycles. The van der Waals surface area contributed by atoms with Crippen molar-refractivity contribution in [3.8, 4) is 5.88 Å². The number of benzene rings is 1. The molecule has 2 N–H and O–H groups in total. The van der Waals surface area contributed by atoms with Crippen molar-refractivity contribution in [2.75, 3.05) is 7.11 Å². The summed E-state index contributed by atoms with van der Waals surface area (Å²) < 4.78 is 44.8. The van der Waals surface area contributed by atoms with Crippen LogP contribution in [0.1, 0.15) is 17.2 Å². The number of aromatic nitrogens is 1. The van der Waals surface area contributed by atoms with Crippen molar-refractivity contribution in [1.29, 1.82) is 0 Å². The van der Waals surface area contributed by atoms with Gasteiger partial charge < -0.3 is 10.5 Å². The summed E-state index contributed by atoms with van der Waals surface area (Å²) in [6.07, 6.45) is 1.48. The molecule has 100 valence electrons. The van der Waals surface area contributed by atoms with Crippen molar-refractivity contribution >= 4 is 0 Å². The van der Waals surface area contributed by atoms with Gasteiger partial charge in [0.15, 0.2) is 17.5 Å². The van der Waals surface area contributed by atoms with Crippen LogP contribution in [0.4, 0.5) is 13.2 Å². The lowest BCUT2D eigenvalue weighted by molar-refractivity contribution is 0.389. The summed E-state index contributed by atoms with van der Waals surface area (Å²) in [5.41, 5.74) is 6.09. The monoisotopic (exact) mass is 268 g/mol. The first-order valence-corrected chi connectivity index (χ1v) is 5.44. The highest BCUT2D eigenvalue weighted by Crippen LogP contribution is 2.29. The van der Waals surface area contributed by atoms with Crippen LogP contribution in [0.25, 0.3) is 0 Å². The van der Waals surface area contributed by atoms with Crippen molar-refractivity contribution in [1.82, 2.24) is 4.98 Å². The van der Waals surface area contributed by atoms with Crippen LogP contribution in [0, 0.1) is 17.5 Å². The van der Waals surface area contributed by atoms with Crippen molar-refractivity contribution in [2.24, 2.45) is 5.73 Å². The largest absolute Gasteiger partial charge is 0.481 e. The minimum absolute atomic E-state index is 0.162. The number of nitrogens with zero attached hydrogens (tertiary/aromatic N) is 1. The fourth-order valence-electron chi connectivity index (χ4n) is 1.76. The van der Waals surface area contributed by atoms with Gasteiger partial charge in [-0.1, -0.05) is 12.1 Å². The highest BCUT2D eigenvalue weighted by atomic mass is 19.2. The molecule has 0 aliphatic carbocycles. The van der Waals surface area contributed by atoms with Crippen LogP contribution in [0.5, 0.6) is 5.88 Å². The molecule has 3 nitrogen and oxygen atoms in total. The predicted octanol–water partition coefficient (Wildman–Crippen LogP) is 2.56. The standard InChI is InChI=1S/C13H11F3N2O/c1-19-13-8(3-2-6-18-13)12(17)7-4-5-9(14)11(16)10(7)15/h2-6,12H,17H2,1H3. The smallest absolute Gasteiger partial charge is 0.218 e. The van der Waals surface area contributed by atoms with E-state index in [9.17, 15) is 13.2 Å². The van der Waals surface area contributed by atoms with E-state index in [1.807, 2.05) is 0 Å². The molecule has 0 aliphatic rings. The van der Waals surface area contributed by atoms with Gasteiger partial charge in [-0.15, -0.1) is 0 Å². The van der Waals surface area contributed by atoms with Gasteiger partial charge in [-0.2, -0.15) is 0 Å². The molecule has 0 saturated carbocycles. The molecule has 19 heavy (non-hydrogen) atoms. The van der Waals surface area contributed by atoms with E-state index >= 15 is 0 Å². The number of pyridine rings is 1. The van der Waals surface area contributed by atoms with E-state index in [1.165, 1.54) is 13.3 Å². The summed E-state index contributed by atoms with van der Waals surface area (Å²) in [5.74, 6) is -3.90. The van der Waals surface area contributed by atoms with Crippen LogP contribution in [0.2, 0.25) is 0 Å². The molecule has 0 spiro atoms. The zero-order chi connectivity index (χ0) is 14.0. The van der Waals surface area contributed by atoms with Crippen molar-refractivity contribution < 1.29 is 17.9 Å². The molecular formula is C13H11F3N2O. The number of hydrogen-bond donors (Lipinski definition) is 1. The van der Waals surface area contributed by atoms with Gasteiger partial charge in [-0.05, 0) is 12.1 Å². The third kappa shape index (κ3) is 2.39. The fourth-order valence-corrected chi connectivity index (χ4v) is 1.76. The Hall–Kier alpha value is -2.08. The SMILES string of the molecule is COc1ncccc1C(N)c1ccc(F)c(F)c1F. The van der Waals surface area contributed by atoms with E-state index in [2.05, 4.69) is 4.98 Å². The second kappa shape index (κ2) is 5.27. The average molecular weight is 268 g/mol. The third-order valence-electron chi connectivity index (χ3n) is 2.73. The molecule has 0 radical (unpaired) electrons. The minimum Gasteiger partial charge on any atom is -0.481 e. The lowest BCUT2D eigenvalue weighted by Gasteiger charge is -2.16. The van der Waals surface area contributed by atoms with Gasteiger partial charge in [0.05, 0.1) is 13.2 Å². The molecule has 1 unspecified atom stereocenters. The van der Waals surface area contributed by atoms with Gasteiger partial charge in [-0.3, -0.25) is 0 Å². The van der Waals surface area contributed by atoms with Gasteiger partial charge in [0.2, 0.25) is 5.88 Å². The van der Waals surface area contributed by atoms with E-state index in [0.29, 0.717) is 5.56 Å². The Morgan fingerprint density at radius 3 is 2.53 bits per heavy atom. The van der Waals surface area contributed by atoms with E-state index in [1.54, 1.807) is 12.1 Å². The molecule has 2 aromatic rings. The summed E-state index contributed by atoms with van der Waals surface area (Å²) in [6, 6.07) is 4.10. The second-order valence-electron chi connectivity index (χ2n) is 3.84. The predicted molar refractivity (Wildman–Crippen MR) is 63.1 cm³/mol. The van der Waals surface area contributed by atoms with E-state index in [-0.39, 0.29) is 11.4 Å². The van der Waals surface area contributed by atoms with Crippen LogP contribution >= 0.6 is 0 Å². The first-order chi connectivity index (χ1) is 9.06. The Labute approximate surface area is 107 Å². The summed E-state index contributed by atoms with van der Waals surface area (Å²) in [7, 11) is 1.39. The highest BCUT2D eigenvalue weighted by molar-refractivity contribution is 5.37. The Balaban J connectivity index is 2.50. The van der Waals surface area contributed by atoms with Crippen molar-refractivity contribution in [3.05, 3.63) is 59.0 Å². The Bertz CT molecular complexity index is 604. The van der Waals surface area contributed by atoms with Crippen LogP contribution in [-0.4, -0.2) is 12.1 Å². The zero-order valence-electron chi connectivity index (χ0n) is 10.0. The van der Waals surface area contributed by atoms with Crippen molar-refractivity contribution in [2.45, 2.75) is 6.04 Å². The maximum absolute atomic E-state index is 13.7. The third-order valence-corrected chi connectivity index (χ3v) is 2.73. The fraction of sp³-hybridized carbons (Fsp3) is 0.154. The Morgan fingerprint density at radius 1 is 1.11 bits per heavy atom. The normalized spacial score (nSPS) is 12.3. The quantitative estimate of drug-likeness (QED) is 0.870. The molecule has 0 fully saturated rings. The Kier molecular flexibility index (Phi) is 3.71. The van der Waals surface area contributed by atoms with Crippen molar-refractivity contribution in [3.63, 3.8) is 0 Å². The number of halogens is 3. The molecule has 1 heterocycles. The first kappa shape index (κ1) is 13.4. The van der Waals surface area contributed by atoms with E-state index in [0.717, 1.165) is 12.1 Å². The van der Waals surface area contributed by atoms with E-state index < -0.39 is 23.5 Å². The van der Waals surface area contributed by atoms with Gasteiger partial charge in [0.1, 0.15) is 0 Å². The molecule has 0 amide bonds. The molecule has 1 aromatic heterocycles. The molecule has 6 heteroatoms. The number of hydrogen-bond acceptors (Lipinski definition) is 3. The first-order valence-electron chi connectivity index (χ1n) is 5.44. The van der Waals surface area contributed by atoms with Crippen LogP contribution in [-0.2, 0) is 0 Å². The maximum atomic E-state index is 13.7. The lowest BCUT2D eigenvalue weighted by atomic mass is 10.00. The molecule has 0 aliphatic heterocycles. The van der Waals surface area contributed by atoms with Gasteiger partial charge in [-0.25, -0.2) is 18.2 Å². The minimum atomic E-state index is -1.55. The number of ether oxygens (including phenoxy) is 1. The Morgan fingerprint density at radius 2 is 1.84 bits per heavy atom. The average Bonchev–Trinajstić information content (AvgIpc) is 2.44. The maximum Gasteiger partial charge on any atom is 0.218 e. The summed E-state index contributed by atoms with van der Waals surface area (Å²) >= 11 is 0. The molecular weight excluding hydrogens is 257 g/mol. The van der Waals surface area contributed by atoms with Crippen LogP contribution < -0.4 is 10.5 Å². The topological polar surface area (TPSA) is 48.1 Å². The lowest BCUT2D eigenvalue weighted by Crippen LogP contribution is -2.16. The molecule has 1 atom stereocenters. The molecule has 2 rings (SSSR count). The molecule has 0 bridgehead atoms. The number of rotatable bonds is 3. The summed E-state index contributed by atoms with van der Waals surface area (Å²) in [5, 5.41) is 0. The van der Waals surface area contributed by atoms with E-state index in [4.69, 9.17) is 10.5 Å². The number of nitrogens with two attached hydrogens (primary N) is 1. The zero-order valence-corrected chi connectivity index (χ0v) is 10.0. The molecule has 1 aromatic carbocycles. The van der Waals surface area contributed by atoms with Crippen LogP contribution in [0.3, 0.4) is 0 Å². The van der Waals surface area contributed by atoms with Gasteiger partial charge in [0, 0.05) is 17.3 Å². The van der Waals surface area contributed by atoms with Crippen LogP contribution in [0.15, 0.2) is 30.5 Å². The van der Waals surface area contributed by atoms with Gasteiger partial charge >= 0.3 is 0 Å². The highest BCUT2D eigenvalue weighted by Gasteiger charge is 2.22. The van der Waals surface area contributed by atoms with Gasteiger partial charge in [0.25, 0.3) is 0 Å². The summed E-state index contributed by atoms with van der Waals surface area (Å²) in [4.78, 5) is 3.92.